The quantitative estimate of drug-likeness (QED) is 0.885. The lowest BCUT2D eigenvalue weighted by Crippen LogP contribution is -2.34. The fraction of sp³-hybridized carbons (Fsp3) is 0.500. The average molecular weight is 295 g/mol. The molecule has 4 heteroatoms. The molecule has 0 fully saturated rings. The van der Waals surface area contributed by atoms with Crippen molar-refractivity contribution in [2.75, 3.05) is 6.61 Å². The highest BCUT2D eigenvalue weighted by Crippen LogP contribution is 2.25. The van der Waals surface area contributed by atoms with E-state index in [9.17, 15) is 0 Å². The van der Waals surface area contributed by atoms with Crippen molar-refractivity contribution >= 4 is 22.5 Å². The maximum Gasteiger partial charge on any atom is 0.0498 e. The summed E-state index contributed by atoms with van der Waals surface area (Å²) in [5.41, 5.74) is 2.49. The molecule has 0 aliphatic rings. The van der Waals surface area contributed by atoms with E-state index in [0.29, 0.717) is 0 Å². The summed E-state index contributed by atoms with van der Waals surface area (Å²) in [5.74, 6) is 0. The van der Waals surface area contributed by atoms with Crippen LogP contribution in [0.5, 0.6) is 0 Å². The van der Waals surface area contributed by atoms with Gasteiger partial charge < -0.3 is 15.0 Å². The van der Waals surface area contributed by atoms with Gasteiger partial charge in [-0.25, -0.2) is 0 Å². The standard InChI is InChI=1S/C16H23ClN2O/c1-16(2,3)18-10-12-11-19(7-4-8-20)15-9-13(17)5-6-14(12)15/h5-6,9,11,18,20H,4,7-8,10H2,1-3H3. The van der Waals surface area contributed by atoms with Crippen LogP contribution >= 0.6 is 11.6 Å². The lowest BCUT2D eigenvalue weighted by atomic mass is 10.1. The average Bonchev–Trinajstić information content (AvgIpc) is 2.70. The number of fused-ring (bicyclic) bond motifs is 1. The maximum atomic E-state index is 9.02. The number of rotatable bonds is 5. The van der Waals surface area contributed by atoms with Gasteiger partial charge in [0.05, 0.1) is 0 Å². The third kappa shape index (κ3) is 3.75. The van der Waals surface area contributed by atoms with Gasteiger partial charge in [-0.1, -0.05) is 17.7 Å². The summed E-state index contributed by atoms with van der Waals surface area (Å²) < 4.78 is 2.18. The van der Waals surface area contributed by atoms with Crippen LogP contribution in [0, 0.1) is 0 Å². The third-order valence-electron chi connectivity index (χ3n) is 3.29. The highest BCUT2D eigenvalue weighted by Gasteiger charge is 2.13. The van der Waals surface area contributed by atoms with Crippen molar-refractivity contribution in [2.24, 2.45) is 0 Å². The topological polar surface area (TPSA) is 37.2 Å². The summed E-state index contributed by atoms with van der Waals surface area (Å²) in [4.78, 5) is 0. The minimum Gasteiger partial charge on any atom is -0.396 e. The first-order valence-electron chi connectivity index (χ1n) is 7.04. The second-order valence-electron chi connectivity index (χ2n) is 6.19. The summed E-state index contributed by atoms with van der Waals surface area (Å²) >= 11 is 6.11. The molecule has 0 radical (unpaired) electrons. The number of aromatic nitrogens is 1. The van der Waals surface area contributed by atoms with E-state index >= 15 is 0 Å². The molecule has 0 amide bonds. The molecule has 0 unspecified atom stereocenters. The highest BCUT2D eigenvalue weighted by atomic mass is 35.5. The van der Waals surface area contributed by atoms with Gasteiger partial charge in [-0.2, -0.15) is 0 Å². The SMILES string of the molecule is CC(C)(C)NCc1cn(CCCO)c2cc(Cl)ccc12. The zero-order chi connectivity index (χ0) is 14.8. The Bertz CT molecular complexity index is 584. The Morgan fingerprint density at radius 2 is 2.05 bits per heavy atom. The molecular weight excluding hydrogens is 272 g/mol. The zero-order valence-electron chi connectivity index (χ0n) is 12.4. The smallest absolute Gasteiger partial charge is 0.0498 e. The largest absolute Gasteiger partial charge is 0.396 e. The van der Waals surface area contributed by atoms with E-state index in [-0.39, 0.29) is 12.1 Å². The molecule has 3 nitrogen and oxygen atoms in total. The number of hydrogen-bond donors (Lipinski definition) is 2. The van der Waals surface area contributed by atoms with E-state index in [2.05, 4.69) is 42.9 Å². The van der Waals surface area contributed by atoms with E-state index < -0.39 is 0 Å². The summed E-state index contributed by atoms with van der Waals surface area (Å²) in [5, 5.41) is 14.5. The van der Waals surface area contributed by atoms with Crippen LogP contribution < -0.4 is 5.32 Å². The van der Waals surface area contributed by atoms with Gasteiger partial charge in [0, 0.05) is 47.4 Å². The van der Waals surface area contributed by atoms with Gasteiger partial charge in [-0.15, -0.1) is 0 Å². The van der Waals surface area contributed by atoms with Crippen LogP contribution in [0.25, 0.3) is 10.9 Å². The molecule has 1 heterocycles. The zero-order valence-corrected chi connectivity index (χ0v) is 13.2. The molecule has 0 atom stereocenters. The Morgan fingerprint density at radius 1 is 1.30 bits per heavy atom. The van der Waals surface area contributed by atoms with E-state index in [4.69, 9.17) is 16.7 Å². The molecule has 0 spiro atoms. The minimum atomic E-state index is 0.0892. The van der Waals surface area contributed by atoms with E-state index in [1.54, 1.807) is 0 Å². The number of nitrogens with zero attached hydrogens (tertiary/aromatic N) is 1. The summed E-state index contributed by atoms with van der Waals surface area (Å²) in [6.45, 7) is 8.32. The van der Waals surface area contributed by atoms with Gasteiger partial charge in [0.25, 0.3) is 0 Å². The molecule has 0 saturated carbocycles. The van der Waals surface area contributed by atoms with Crippen molar-refractivity contribution in [1.82, 2.24) is 9.88 Å². The Labute approximate surface area is 125 Å². The highest BCUT2D eigenvalue weighted by molar-refractivity contribution is 6.31. The first kappa shape index (κ1) is 15.4. The monoisotopic (exact) mass is 294 g/mol. The molecule has 0 saturated heterocycles. The van der Waals surface area contributed by atoms with Gasteiger partial charge in [-0.05, 0) is 44.9 Å². The molecule has 1 aromatic carbocycles. The van der Waals surface area contributed by atoms with Crippen LogP contribution in [0.4, 0.5) is 0 Å². The molecular formula is C16H23ClN2O. The second kappa shape index (κ2) is 6.17. The summed E-state index contributed by atoms with van der Waals surface area (Å²) in [6.07, 6.45) is 2.91. The predicted molar refractivity (Wildman–Crippen MR) is 85.2 cm³/mol. The normalized spacial score (nSPS) is 12.2. The number of aliphatic hydroxyl groups is 1. The van der Waals surface area contributed by atoms with Crippen LogP contribution in [0.2, 0.25) is 5.02 Å². The van der Waals surface area contributed by atoms with Crippen LogP contribution in [0.3, 0.4) is 0 Å². The Kier molecular flexibility index (Phi) is 4.74. The fourth-order valence-corrected chi connectivity index (χ4v) is 2.43. The van der Waals surface area contributed by atoms with Crippen molar-refractivity contribution in [1.29, 1.82) is 0 Å². The van der Waals surface area contributed by atoms with E-state index in [1.165, 1.54) is 10.9 Å². The minimum absolute atomic E-state index is 0.0892. The molecule has 1 aromatic heterocycles. The predicted octanol–water partition coefficient (Wildman–Crippen LogP) is 3.57. The summed E-state index contributed by atoms with van der Waals surface area (Å²) in [6, 6.07) is 6.00. The number of halogens is 1. The van der Waals surface area contributed by atoms with Crippen molar-refractivity contribution in [3.8, 4) is 0 Å². The number of hydrogen-bond acceptors (Lipinski definition) is 2. The Hall–Kier alpha value is -1.03. The third-order valence-corrected chi connectivity index (χ3v) is 3.53. The van der Waals surface area contributed by atoms with Crippen molar-refractivity contribution in [3.63, 3.8) is 0 Å². The first-order valence-corrected chi connectivity index (χ1v) is 7.42. The first-order chi connectivity index (χ1) is 9.40. The van der Waals surface area contributed by atoms with Gasteiger partial charge in [0.2, 0.25) is 0 Å². The molecule has 2 rings (SSSR count). The molecule has 110 valence electrons. The van der Waals surface area contributed by atoms with Gasteiger partial charge >= 0.3 is 0 Å². The number of aliphatic hydroxyl groups excluding tert-OH is 1. The second-order valence-corrected chi connectivity index (χ2v) is 6.63. The lowest BCUT2D eigenvalue weighted by molar-refractivity contribution is 0.280. The molecule has 2 N–H and O–H groups in total. The van der Waals surface area contributed by atoms with Crippen LogP contribution in [0.1, 0.15) is 32.8 Å². The summed E-state index contributed by atoms with van der Waals surface area (Å²) in [7, 11) is 0. The van der Waals surface area contributed by atoms with Crippen LogP contribution in [0.15, 0.2) is 24.4 Å². The maximum absolute atomic E-state index is 9.02. The molecule has 2 aromatic rings. The lowest BCUT2D eigenvalue weighted by Gasteiger charge is -2.20. The van der Waals surface area contributed by atoms with Crippen LogP contribution in [-0.2, 0) is 13.1 Å². The van der Waals surface area contributed by atoms with E-state index in [0.717, 1.165) is 30.0 Å². The molecule has 20 heavy (non-hydrogen) atoms. The van der Waals surface area contributed by atoms with Crippen molar-refractivity contribution in [3.05, 3.63) is 35.0 Å². The van der Waals surface area contributed by atoms with E-state index in [1.807, 2.05) is 12.1 Å². The Balaban J connectivity index is 2.34. The molecule has 0 aliphatic heterocycles. The molecule has 0 bridgehead atoms. The van der Waals surface area contributed by atoms with Crippen LogP contribution in [-0.4, -0.2) is 21.8 Å². The van der Waals surface area contributed by atoms with Gasteiger partial charge in [0.15, 0.2) is 0 Å². The Morgan fingerprint density at radius 3 is 2.70 bits per heavy atom. The van der Waals surface area contributed by atoms with Crippen molar-refractivity contribution in [2.45, 2.75) is 45.8 Å². The number of aryl methyl sites for hydroxylation is 1. The van der Waals surface area contributed by atoms with Gasteiger partial charge in [0.1, 0.15) is 0 Å². The van der Waals surface area contributed by atoms with Gasteiger partial charge in [-0.3, -0.25) is 0 Å². The molecule has 0 aliphatic carbocycles. The van der Waals surface area contributed by atoms with Crippen molar-refractivity contribution < 1.29 is 5.11 Å². The number of nitrogens with one attached hydrogen (secondary N) is 1. The number of benzene rings is 1. The fourth-order valence-electron chi connectivity index (χ4n) is 2.27.